The minimum atomic E-state index is -0.706. The molecule has 0 aromatic rings. The van der Waals surface area contributed by atoms with Gasteiger partial charge in [0.1, 0.15) is 0 Å². The number of carboxylic acid groups (broad SMARTS) is 1. The van der Waals surface area contributed by atoms with E-state index in [9.17, 15) is 4.79 Å². The summed E-state index contributed by atoms with van der Waals surface area (Å²) in [5.74, 6) is -0.311. The Morgan fingerprint density at radius 1 is 1.62 bits per heavy atom. The van der Waals surface area contributed by atoms with Gasteiger partial charge in [-0.05, 0) is 25.2 Å². The number of rotatable bonds is 6. The van der Waals surface area contributed by atoms with E-state index in [1.165, 1.54) is 24.8 Å². The van der Waals surface area contributed by atoms with E-state index < -0.39 is 5.97 Å². The average molecular weight is 222 g/mol. The van der Waals surface area contributed by atoms with Gasteiger partial charge in [-0.25, -0.2) is 0 Å². The van der Waals surface area contributed by atoms with E-state index in [2.05, 4.69) is 25.2 Å². The Kier molecular flexibility index (Phi) is 5.30. The fourth-order valence-electron chi connectivity index (χ4n) is 1.98. The van der Waals surface area contributed by atoms with Gasteiger partial charge in [-0.2, -0.15) is 0 Å². The van der Waals surface area contributed by atoms with Gasteiger partial charge in [0, 0.05) is 0 Å². The SMILES string of the molecule is CCCCC1C=CC(CC(C)C(=O)O)=CC1. The number of carbonyl (C=O) groups is 1. The molecule has 1 rings (SSSR count). The van der Waals surface area contributed by atoms with Gasteiger partial charge in [-0.15, -0.1) is 0 Å². The second-order valence-corrected chi connectivity index (χ2v) is 4.72. The normalized spacial score (nSPS) is 21.6. The fourth-order valence-corrected chi connectivity index (χ4v) is 1.98. The largest absolute Gasteiger partial charge is 0.481 e. The topological polar surface area (TPSA) is 37.3 Å². The van der Waals surface area contributed by atoms with Crippen LogP contribution in [0.25, 0.3) is 0 Å². The highest BCUT2D eigenvalue weighted by Crippen LogP contribution is 2.24. The van der Waals surface area contributed by atoms with Crippen molar-refractivity contribution in [2.75, 3.05) is 0 Å². The summed E-state index contributed by atoms with van der Waals surface area (Å²) in [4.78, 5) is 10.7. The van der Waals surface area contributed by atoms with E-state index in [1.807, 2.05) is 0 Å². The van der Waals surface area contributed by atoms with Gasteiger partial charge in [0.05, 0.1) is 5.92 Å². The summed E-state index contributed by atoms with van der Waals surface area (Å²) in [6.07, 6.45) is 12.1. The molecule has 2 heteroatoms. The van der Waals surface area contributed by atoms with Crippen molar-refractivity contribution >= 4 is 5.97 Å². The number of carboxylic acids is 1. The van der Waals surface area contributed by atoms with Crippen molar-refractivity contribution in [3.63, 3.8) is 0 Å². The second kappa shape index (κ2) is 6.51. The van der Waals surface area contributed by atoms with Gasteiger partial charge >= 0.3 is 5.97 Å². The summed E-state index contributed by atoms with van der Waals surface area (Å²) in [6.45, 7) is 3.97. The predicted molar refractivity (Wildman–Crippen MR) is 66.3 cm³/mol. The van der Waals surface area contributed by atoms with Crippen LogP contribution in [0.3, 0.4) is 0 Å². The second-order valence-electron chi connectivity index (χ2n) is 4.72. The standard InChI is InChI=1S/C14H22O2/c1-3-4-5-12-6-8-13(9-7-12)10-11(2)14(15)16/h6,8-9,11-12H,3-5,7,10H2,1-2H3,(H,15,16). The van der Waals surface area contributed by atoms with Crippen LogP contribution in [-0.4, -0.2) is 11.1 Å². The zero-order valence-electron chi connectivity index (χ0n) is 10.3. The highest BCUT2D eigenvalue weighted by Gasteiger charge is 2.14. The van der Waals surface area contributed by atoms with Crippen LogP contribution in [0, 0.1) is 11.8 Å². The molecule has 1 aliphatic carbocycles. The third kappa shape index (κ3) is 4.21. The quantitative estimate of drug-likeness (QED) is 0.742. The van der Waals surface area contributed by atoms with Crippen LogP contribution in [0.5, 0.6) is 0 Å². The van der Waals surface area contributed by atoms with Gasteiger partial charge < -0.3 is 5.11 Å². The molecule has 0 aromatic heterocycles. The first-order valence-electron chi connectivity index (χ1n) is 6.23. The van der Waals surface area contributed by atoms with Crippen molar-refractivity contribution in [1.29, 1.82) is 0 Å². The van der Waals surface area contributed by atoms with Gasteiger partial charge in [0.25, 0.3) is 0 Å². The third-order valence-corrected chi connectivity index (χ3v) is 3.16. The van der Waals surface area contributed by atoms with Crippen LogP contribution < -0.4 is 0 Å². The summed E-state index contributed by atoms with van der Waals surface area (Å²) in [6, 6.07) is 0. The Labute approximate surface area is 98.1 Å². The molecule has 2 atom stereocenters. The molecule has 2 nitrogen and oxygen atoms in total. The molecule has 1 aliphatic rings. The maximum absolute atomic E-state index is 10.7. The minimum Gasteiger partial charge on any atom is -0.481 e. The van der Waals surface area contributed by atoms with Crippen LogP contribution in [-0.2, 0) is 4.79 Å². The van der Waals surface area contributed by atoms with Crippen LogP contribution in [0.1, 0.15) is 46.0 Å². The highest BCUT2D eigenvalue weighted by molar-refractivity contribution is 5.70. The van der Waals surface area contributed by atoms with Gasteiger partial charge in [-0.3, -0.25) is 4.79 Å². The molecule has 0 bridgehead atoms. The molecule has 0 heterocycles. The zero-order valence-corrected chi connectivity index (χ0v) is 10.3. The predicted octanol–water partition coefficient (Wildman–Crippen LogP) is 3.79. The van der Waals surface area contributed by atoms with Crippen molar-refractivity contribution in [2.24, 2.45) is 11.8 Å². The Morgan fingerprint density at radius 2 is 2.38 bits per heavy atom. The molecule has 16 heavy (non-hydrogen) atoms. The van der Waals surface area contributed by atoms with E-state index in [0.29, 0.717) is 12.3 Å². The van der Waals surface area contributed by atoms with Crippen molar-refractivity contribution < 1.29 is 9.90 Å². The number of hydrogen-bond donors (Lipinski definition) is 1. The lowest BCUT2D eigenvalue weighted by molar-refractivity contribution is -0.141. The Hall–Kier alpha value is -1.05. The minimum absolute atomic E-state index is 0.275. The lowest BCUT2D eigenvalue weighted by Gasteiger charge is -2.16. The van der Waals surface area contributed by atoms with Gasteiger partial charge in [0.15, 0.2) is 0 Å². The van der Waals surface area contributed by atoms with E-state index in [1.54, 1.807) is 6.92 Å². The van der Waals surface area contributed by atoms with Crippen LogP contribution in [0.2, 0.25) is 0 Å². The van der Waals surface area contributed by atoms with E-state index >= 15 is 0 Å². The summed E-state index contributed by atoms with van der Waals surface area (Å²) in [5, 5.41) is 8.83. The monoisotopic (exact) mass is 222 g/mol. The summed E-state index contributed by atoms with van der Waals surface area (Å²) < 4.78 is 0. The average Bonchev–Trinajstić information content (AvgIpc) is 2.28. The number of allylic oxidation sites excluding steroid dienone is 4. The van der Waals surface area contributed by atoms with Crippen LogP contribution >= 0.6 is 0 Å². The van der Waals surface area contributed by atoms with Crippen molar-refractivity contribution in [2.45, 2.75) is 46.0 Å². The molecule has 0 aliphatic heterocycles. The van der Waals surface area contributed by atoms with E-state index in [0.717, 1.165) is 6.42 Å². The first-order valence-corrected chi connectivity index (χ1v) is 6.23. The van der Waals surface area contributed by atoms with Crippen LogP contribution in [0.4, 0.5) is 0 Å². The van der Waals surface area contributed by atoms with Crippen molar-refractivity contribution in [1.82, 2.24) is 0 Å². The third-order valence-electron chi connectivity index (χ3n) is 3.16. The Bertz CT molecular complexity index is 289. The molecule has 0 fully saturated rings. The van der Waals surface area contributed by atoms with E-state index in [4.69, 9.17) is 5.11 Å². The maximum atomic E-state index is 10.7. The molecule has 1 N–H and O–H groups in total. The molecule has 90 valence electrons. The summed E-state index contributed by atoms with van der Waals surface area (Å²) >= 11 is 0. The first-order chi connectivity index (χ1) is 7.63. The Morgan fingerprint density at radius 3 is 2.88 bits per heavy atom. The smallest absolute Gasteiger partial charge is 0.306 e. The lowest BCUT2D eigenvalue weighted by atomic mass is 9.89. The molecule has 0 saturated carbocycles. The fraction of sp³-hybridized carbons (Fsp3) is 0.643. The van der Waals surface area contributed by atoms with Crippen molar-refractivity contribution in [3.05, 3.63) is 23.8 Å². The molecular weight excluding hydrogens is 200 g/mol. The van der Waals surface area contributed by atoms with Gasteiger partial charge in [0.2, 0.25) is 0 Å². The molecular formula is C14H22O2. The Balaban J connectivity index is 2.36. The molecule has 2 unspecified atom stereocenters. The molecule has 0 spiro atoms. The summed E-state index contributed by atoms with van der Waals surface area (Å²) in [5.41, 5.74) is 1.18. The molecule has 0 amide bonds. The number of hydrogen-bond acceptors (Lipinski definition) is 1. The zero-order chi connectivity index (χ0) is 12.0. The maximum Gasteiger partial charge on any atom is 0.306 e. The number of aliphatic carboxylic acids is 1. The lowest BCUT2D eigenvalue weighted by Crippen LogP contribution is -2.11. The van der Waals surface area contributed by atoms with Gasteiger partial charge in [-0.1, -0.05) is 50.5 Å². The molecule has 0 saturated heterocycles. The molecule has 0 aromatic carbocycles. The first kappa shape index (κ1) is 13.0. The van der Waals surface area contributed by atoms with Crippen LogP contribution in [0.15, 0.2) is 23.8 Å². The molecule has 0 radical (unpaired) electrons. The van der Waals surface area contributed by atoms with Crippen molar-refractivity contribution in [3.8, 4) is 0 Å². The highest BCUT2D eigenvalue weighted by atomic mass is 16.4. The summed E-state index contributed by atoms with van der Waals surface area (Å²) in [7, 11) is 0. The van der Waals surface area contributed by atoms with E-state index in [-0.39, 0.29) is 5.92 Å². The number of unbranched alkanes of at least 4 members (excludes halogenated alkanes) is 1.